The summed E-state index contributed by atoms with van der Waals surface area (Å²) in [5.74, 6) is 0. The van der Waals surface area contributed by atoms with Gasteiger partial charge in [0.2, 0.25) is 0 Å². The van der Waals surface area contributed by atoms with Crippen molar-refractivity contribution in [1.29, 1.82) is 0 Å². The van der Waals surface area contributed by atoms with Crippen LogP contribution >= 0.6 is 0 Å². The molecule has 0 radical (unpaired) electrons. The van der Waals surface area contributed by atoms with Gasteiger partial charge in [0.05, 0.1) is 0 Å². The van der Waals surface area contributed by atoms with Gasteiger partial charge in [0.15, 0.2) is 0 Å². The van der Waals surface area contributed by atoms with Crippen LogP contribution in [0, 0.1) is 0 Å². The number of nitrogens with zero attached hydrogens (tertiary/aromatic N) is 1. The summed E-state index contributed by atoms with van der Waals surface area (Å²) in [6, 6.07) is 9.58. The molecule has 0 heterocycles. The van der Waals surface area contributed by atoms with Crippen molar-refractivity contribution in [3.8, 4) is 0 Å². The first-order chi connectivity index (χ1) is 8.35. The Morgan fingerprint density at radius 2 is 2.00 bits per heavy atom. The molecule has 0 aromatic heterocycles. The second-order valence-corrected chi connectivity index (χ2v) is 4.86. The van der Waals surface area contributed by atoms with Gasteiger partial charge in [-0.2, -0.15) is 0 Å². The third-order valence-corrected chi connectivity index (χ3v) is 3.37. The third-order valence-electron chi connectivity index (χ3n) is 3.37. The molecular formula is C15H24N2. The summed E-state index contributed by atoms with van der Waals surface area (Å²) < 4.78 is 0. The molecule has 2 rings (SSSR count). The van der Waals surface area contributed by atoms with E-state index in [4.69, 9.17) is 0 Å². The van der Waals surface area contributed by atoms with Crippen molar-refractivity contribution in [2.75, 3.05) is 18.0 Å². The second-order valence-electron chi connectivity index (χ2n) is 4.86. The molecule has 0 aliphatic heterocycles. The first-order valence-electron chi connectivity index (χ1n) is 6.91. The Morgan fingerprint density at radius 1 is 1.24 bits per heavy atom. The fourth-order valence-electron chi connectivity index (χ4n) is 2.23. The van der Waals surface area contributed by atoms with E-state index in [9.17, 15) is 0 Å². The molecule has 1 N–H and O–H groups in total. The van der Waals surface area contributed by atoms with Crippen LogP contribution in [-0.2, 0) is 6.54 Å². The van der Waals surface area contributed by atoms with Gasteiger partial charge in [-0.05, 0) is 37.8 Å². The normalized spacial score (nSPS) is 14.9. The Hall–Kier alpha value is -1.02. The van der Waals surface area contributed by atoms with Crippen LogP contribution in [-0.4, -0.2) is 19.1 Å². The van der Waals surface area contributed by atoms with Crippen LogP contribution in [0.3, 0.4) is 0 Å². The number of benzene rings is 1. The first-order valence-corrected chi connectivity index (χ1v) is 6.91. The molecule has 1 aliphatic rings. The lowest BCUT2D eigenvalue weighted by molar-refractivity contribution is 0.682. The summed E-state index contributed by atoms with van der Waals surface area (Å²) in [5, 5.41) is 3.61. The van der Waals surface area contributed by atoms with Crippen molar-refractivity contribution in [3.63, 3.8) is 0 Å². The van der Waals surface area contributed by atoms with Crippen molar-refractivity contribution in [2.45, 2.75) is 45.7 Å². The van der Waals surface area contributed by atoms with E-state index >= 15 is 0 Å². The van der Waals surface area contributed by atoms with E-state index in [1.807, 2.05) is 0 Å². The fourth-order valence-corrected chi connectivity index (χ4v) is 2.23. The molecule has 17 heavy (non-hydrogen) atoms. The van der Waals surface area contributed by atoms with Gasteiger partial charge in [-0.1, -0.05) is 25.1 Å². The number of anilines is 1. The van der Waals surface area contributed by atoms with Gasteiger partial charge in [-0.3, -0.25) is 0 Å². The zero-order chi connectivity index (χ0) is 12.1. The van der Waals surface area contributed by atoms with E-state index in [0.717, 1.165) is 25.7 Å². The van der Waals surface area contributed by atoms with E-state index in [1.54, 1.807) is 0 Å². The van der Waals surface area contributed by atoms with Gasteiger partial charge < -0.3 is 10.2 Å². The largest absolute Gasteiger partial charge is 0.372 e. The molecular weight excluding hydrogens is 208 g/mol. The average molecular weight is 232 g/mol. The molecule has 0 unspecified atom stereocenters. The molecule has 0 spiro atoms. The van der Waals surface area contributed by atoms with Crippen LogP contribution in [0.1, 0.15) is 38.7 Å². The van der Waals surface area contributed by atoms with Gasteiger partial charge in [0, 0.05) is 31.4 Å². The van der Waals surface area contributed by atoms with E-state index in [0.29, 0.717) is 0 Å². The van der Waals surface area contributed by atoms with Gasteiger partial charge in [0.1, 0.15) is 0 Å². The number of rotatable bonds is 7. The highest BCUT2D eigenvalue weighted by Gasteiger charge is 2.20. The molecule has 2 heteroatoms. The number of nitrogens with one attached hydrogen (secondary N) is 1. The van der Waals surface area contributed by atoms with E-state index in [2.05, 4.69) is 48.3 Å². The molecule has 1 fully saturated rings. The van der Waals surface area contributed by atoms with Crippen LogP contribution in [0.5, 0.6) is 0 Å². The molecule has 1 saturated carbocycles. The van der Waals surface area contributed by atoms with Crippen molar-refractivity contribution < 1.29 is 0 Å². The number of hydrogen-bond acceptors (Lipinski definition) is 2. The van der Waals surface area contributed by atoms with E-state index in [1.165, 1.54) is 30.5 Å². The summed E-state index contributed by atoms with van der Waals surface area (Å²) in [4.78, 5) is 2.48. The summed E-state index contributed by atoms with van der Waals surface area (Å²) in [5.41, 5.74) is 2.85. The summed E-state index contributed by atoms with van der Waals surface area (Å²) in [6.07, 6.45) is 3.92. The minimum Gasteiger partial charge on any atom is -0.372 e. The van der Waals surface area contributed by atoms with E-state index in [-0.39, 0.29) is 0 Å². The number of hydrogen-bond donors (Lipinski definition) is 1. The van der Waals surface area contributed by atoms with Gasteiger partial charge in [-0.15, -0.1) is 0 Å². The Kier molecular flexibility index (Phi) is 4.43. The van der Waals surface area contributed by atoms with Crippen molar-refractivity contribution in [1.82, 2.24) is 5.32 Å². The predicted octanol–water partition coefficient (Wildman–Crippen LogP) is 3.17. The Labute approximate surface area is 105 Å². The molecule has 1 aromatic carbocycles. The first kappa shape index (κ1) is 12.4. The third kappa shape index (κ3) is 3.47. The summed E-state index contributed by atoms with van der Waals surface area (Å²) in [6.45, 7) is 7.74. The summed E-state index contributed by atoms with van der Waals surface area (Å²) >= 11 is 0. The molecule has 0 saturated heterocycles. The number of para-hydroxylation sites is 1. The standard InChI is InChI=1S/C15H24N2/c1-3-11-17(4-2)15-8-6-5-7-13(15)12-16-14-9-10-14/h5-8,14,16H,3-4,9-12H2,1-2H3. The molecule has 2 nitrogen and oxygen atoms in total. The molecule has 94 valence electrons. The monoisotopic (exact) mass is 232 g/mol. The van der Waals surface area contributed by atoms with Gasteiger partial charge in [-0.25, -0.2) is 0 Å². The highest BCUT2D eigenvalue weighted by molar-refractivity contribution is 5.53. The minimum absolute atomic E-state index is 0.782. The molecule has 0 amide bonds. The predicted molar refractivity (Wildman–Crippen MR) is 74.5 cm³/mol. The molecule has 1 aromatic rings. The van der Waals surface area contributed by atoms with Crippen LogP contribution in [0.2, 0.25) is 0 Å². The highest BCUT2D eigenvalue weighted by Crippen LogP contribution is 2.23. The van der Waals surface area contributed by atoms with Crippen LogP contribution in [0.4, 0.5) is 5.69 Å². The van der Waals surface area contributed by atoms with Crippen molar-refractivity contribution >= 4 is 5.69 Å². The van der Waals surface area contributed by atoms with Crippen LogP contribution in [0.15, 0.2) is 24.3 Å². The SMILES string of the molecule is CCCN(CC)c1ccccc1CNC1CC1. The Morgan fingerprint density at radius 3 is 2.65 bits per heavy atom. The lowest BCUT2D eigenvalue weighted by atomic mass is 10.1. The average Bonchev–Trinajstić information content (AvgIpc) is 3.18. The Balaban J connectivity index is 2.06. The highest BCUT2D eigenvalue weighted by atomic mass is 15.1. The molecule has 1 aliphatic carbocycles. The quantitative estimate of drug-likeness (QED) is 0.777. The minimum atomic E-state index is 0.782. The zero-order valence-electron chi connectivity index (χ0n) is 11.1. The lowest BCUT2D eigenvalue weighted by Gasteiger charge is -2.25. The van der Waals surface area contributed by atoms with Crippen LogP contribution < -0.4 is 10.2 Å². The maximum atomic E-state index is 3.61. The smallest absolute Gasteiger partial charge is 0.0411 e. The van der Waals surface area contributed by atoms with Crippen molar-refractivity contribution in [3.05, 3.63) is 29.8 Å². The van der Waals surface area contributed by atoms with Gasteiger partial charge >= 0.3 is 0 Å². The Bertz CT molecular complexity index is 345. The zero-order valence-corrected chi connectivity index (χ0v) is 11.1. The lowest BCUT2D eigenvalue weighted by Crippen LogP contribution is -2.26. The maximum absolute atomic E-state index is 3.61. The van der Waals surface area contributed by atoms with Crippen molar-refractivity contribution in [2.24, 2.45) is 0 Å². The summed E-state index contributed by atoms with van der Waals surface area (Å²) in [7, 11) is 0. The molecule has 0 atom stereocenters. The fraction of sp³-hybridized carbons (Fsp3) is 0.600. The molecule has 0 bridgehead atoms. The maximum Gasteiger partial charge on any atom is 0.0411 e. The van der Waals surface area contributed by atoms with Crippen LogP contribution in [0.25, 0.3) is 0 Å². The second kappa shape index (κ2) is 6.06. The topological polar surface area (TPSA) is 15.3 Å². The van der Waals surface area contributed by atoms with E-state index < -0.39 is 0 Å². The van der Waals surface area contributed by atoms with Gasteiger partial charge in [0.25, 0.3) is 0 Å².